The summed E-state index contributed by atoms with van der Waals surface area (Å²) in [5, 5.41) is 8.01. The smallest absolute Gasteiger partial charge is 0.258 e. The van der Waals surface area contributed by atoms with Gasteiger partial charge in [0.15, 0.2) is 6.61 Å². The average Bonchev–Trinajstić information content (AvgIpc) is 2.91. The molecule has 4 fully saturated rings. The molecule has 3 N–H and O–H groups in total. The molecule has 1 aliphatic heterocycles. The first-order valence-electron chi connectivity index (χ1n) is 9.39. The van der Waals surface area contributed by atoms with Crippen molar-refractivity contribution in [1.82, 2.24) is 21.1 Å². The van der Waals surface area contributed by atoms with E-state index in [1.807, 2.05) is 12.1 Å². The lowest BCUT2D eigenvalue weighted by atomic mass is 9.44. The highest BCUT2D eigenvalue weighted by molar-refractivity contribution is 6.30. The summed E-state index contributed by atoms with van der Waals surface area (Å²) < 4.78 is 18.7. The third-order valence-corrected chi connectivity index (χ3v) is 6.16. The Labute approximate surface area is 167 Å². The topological polar surface area (TPSA) is 82.7 Å². The van der Waals surface area contributed by atoms with Crippen LogP contribution in [-0.4, -0.2) is 53.6 Å². The van der Waals surface area contributed by atoms with Gasteiger partial charge >= 0.3 is 0 Å². The van der Waals surface area contributed by atoms with Gasteiger partial charge in [0.2, 0.25) is 5.91 Å². The van der Waals surface area contributed by atoms with Gasteiger partial charge in [-0.1, -0.05) is 11.6 Å². The van der Waals surface area contributed by atoms with Gasteiger partial charge in [-0.25, -0.2) is 9.40 Å². The summed E-state index contributed by atoms with van der Waals surface area (Å²) in [4.78, 5) is 24.7. The first kappa shape index (κ1) is 19.4. The standard InChI is InChI=1S/C19H24ClFN4O3/c1-11-5-15(25(2)24-11)17(27)23-19-8-18(9-19,10-19)22-16(26)7-28-12-3-4-13(20)14(21)6-12/h3-4,6,11,15,24H,5,7-10H2,1-2H3,(H,22,26)(H,23,27). The Morgan fingerprint density at radius 3 is 2.61 bits per heavy atom. The zero-order valence-corrected chi connectivity index (χ0v) is 16.6. The molecule has 1 aromatic carbocycles. The Hall–Kier alpha value is -1.90. The van der Waals surface area contributed by atoms with Gasteiger partial charge in [-0.05, 0) is 44.7 Å². The molecular weight excluding hydrogens is 387 g/mol. The number of carbonyl (C=O) groups is 2. The fourth-order valence-corrected chi connectivity index (χ4v) is 4.83. The highest BCUT2D eigenvalue weighted by atomic mass is 35.5. The highest BCUT2D eigenvalue weighted by Crippen LogP contribution is 2.60. The number of ether oxygens (including phenoxy) is 1. The Balaban J connectivity index is 1.21. The second kappa shape index (κ2) is 6.86. The quantitative estimate of drug-likeness (QED) is 0.659. The van der Waals surface area contributed by atoms with Crippen LogP contribution in [0.25, 0.3) is 0 Å². The third-order valence-electron chi connectivity index (χ3n) is 5.86. The number of amides is 2. The molecule has 4 aliphatic rings. The summed E-state index contributed by atoms with van der Waals surface area (Å²) in [6.45, 7) is 1.86. The zero-order valence-electron chi connectivity index (χ0n) is 15.9. The second-order valence-electron chi connectivity index (χ2n) is 8.39. The molecule has 152 valence electrons. The molecule has 3 saturated carbocycles. The van der Waals surface area contributed by atoms with Gasteiger partial charge < -0.3 is 15.4 Å². The molecule has 1 heterocycles. The SMILES string of the molecule is CC1CC(C(=O)NC23CC(NC(=O)COc4ccc(Cl)c(F)c4)(C2)C3)N(C)N1. The number of nitrogens with one attached hydrogen (secondary N) is 3. The number of nitrogens with zero attached hydrogens (tertiary/aromatic N) is 1. The van der Waals surface area contributed by atoms with Gasteiger partial charge in [-0.2, -0.15) is 0 Å². The minimum absolute atomic E-state index is 0.00653. The Bertz CT molecular complexity index is 801. The lowest BCUT2D eigenvalue weighted by Gasteiger charge is -2.70. The van der Waals surface area contributed by atoms with Crippen LogP contribution >= 0.6 is 11.6 Å². The van der Waals surface area contributed by atoms with E-state index in [0.717, 1.165) is 31.7 Å². The highest BCUT2D eigenvalue weighted by Gasteiger charge is 2.69. The number of carbonyl (C=O) groups excluding carboxylic acids is 2. The lowest BCUT2D eigenvalue weighted by molar-refractivity contribution is -0.152. The predicted octanol–water partition coefficient (Wildman–Crippen LogP) is 1.36. The van der Waals surface area contributed by atoms with E-state index < -0.39 is 5.82 Å². The van der Waals surface area contributed by atoms with Crippen molar-refractivity contribution in [3.05, 3.63) is 29.0 Å². The Kier molecular flexibility index (Phi) is 4.76. The van der Waals surface area contributed by atoms with Gasteiger partial charge in [0.05, 0.1) is 5.02 Å². The number of hydrogen-bond acceptors (Lipinski definition) is 5. The molecule has 2 bridgehead atoms. The fourth-order valence-electron chi connectivity index (χ4n) is 4.71. The molecule has 2 unspecified atom stereocenters. The van der Waals surface area contributed by atoms with Crippen LogP contribution in [0.1, 0.15) is 32.6 Å². The lowest BCUT2D eigenvalue weighted by Crippen LogP contribution is -2.84. The minimum atomic E-state index is -0.589. The van der Waals surface area contributed by atoms with Crippen molar-refractivity contribution in [3.8, 4) is 5.75 Å². The first-order chi connectivity index (χ1) is 13.2. The zero-order chi connectivity index (χ0) is 20.1. The van der Waals surface area contributed by atoms with E-state index in [4.69, 9.17) is 16.3 Å². The van der Waals surface area contributed by atoms with Gasteiger partial charge in [0, 0.05) is 30.2 Å². The normalized spacial score (nSPS) is 33.6. The van der Waals surface area contributed by atoms with Crippen LogP contribution in [0.4, 0.5) is 4.39 Å². The fraction of sp³-hybridized carbons (Fsp3) is 0.579. The van der Waals surface area contributed by atoms with Crippen molar-refractivity contribution in [2.75, 3.05) is 13.7 Å². The van der Waals surface area contributed by atoms with Crippen molar-refractivity contribution >= 4 is 23.4 Å². The average molecular weight is 411 g/mol. The number of halogens is 2. The summed E-state index contributed by atoms with van der Waals surface area (Å²) in [5.74, 6) is -0.563. The minimum Gasteiger partial charge on any atom is -0.484 e. The maximum atomic E-state index is 13.4. The molecule has 3 aliphatic carbocycles. The summed E-state index contributed by atoms with van der Waals surface area (Å²) in [5.41, 5.74) is 2.77. The van der Waals surface area contributed by atoms with E-state index >= 15 is 0 Å². The van der Waals surface area contributed by atoms with Crippen LogP contribution in [0.2, 0.25) is 5.02 Å². The van der Waals surface area contributed by atoms with Crippen LogP contribution in [0.15, 0.2) is 18.2 Å². The van der Waals surface area contributed by atoms with Crippen molar-refractivity contribution in [2.45, 2.75) is 55.8 Å². The van der Waals surface area contributed by atoms with Gasteiger partial charge in [0.25, 0.3) is 5.91 Å². The van der Waals surface area contributed by atoms with E-state index in [-0.39, 0.29) is 52.4 Å². The molecule has 2 atom stereocenters. The van der Waals surface area contributed by atoms with Gasteiger partial charge in [-0.15, -0.1) is 0 Å². The number of likely N-dealkylation sites (N-methyl/N-ethyl adjacent to an activating group) is 1. The van der Waals surface area contributed by atoms with Crippen LogP contribution in [0.5, 0.6) is 5.75 Å². The third kappa shape index (κ3) is 3.56. The molecule has 7 nitrogen and oxygen atoms in total. The Morgan fingerprint density at radius 2 is 2.00 bits per heavy atom. The largest absolute Gasteiger partial charge is 0.484 e. The molecule has 0 spiro atoms. The van der Waals surface area contributed by atoms with E-state index in [2.05, 4.69) is 23.0 Å². The van der Waals surface area contributed by atoms with E-state index in [9.17, 15) is 14.0 Å². The van der Waals surface area contributed by atoms with Crippen LogP contribution < -0.4 is 20.8 Å². The van der Waals surface area contributed by atoms with E-state index in [1.165, 1.54) is 12.1 Å². The molecule has 9 heteroatoms. The molecular formula is C19H24ClFN4O3. The van der Waals surface area contributed by atoms with E-state index in [0.29, 0.717) is 0 Å². The molecule has 5 rings (SSSR count). The van der Waals surface area contributed by atoms with Gasteiger partial charge in [-0.3, -0.25) is 15.0 Å². The Morgan fingerprint density at radius 1 is 1.32 bits per heavy atom. The van der Waals surface area contributed by atoms with E-state index in [1.54, 1.807) is 0 Å². The summed E-state index contributed by atoms with van der Waals surface area (Å²) in [7, 11) is 1.88. The molecule has 1 aromatic rings. The summed E-state index contributed by atoms with van der Waals surface area (Å²) in [6.07, 6.45) is 2.97. The predicted molar refractivity (Wildman–Crippen MR) is 101 cm³/mol. The number of hydrazine groups is 1. The van der Waals surface area contributed by atoms with Crippen molar-refractivity contribution in [2.24, 2.45) is 0 Å². The van der Waals surface area contributed by atoms with Crippen LogP contribution in [0, 0.1) is 5.82 Å². The van der Waals surface area contributed by atoms with Crippen LogP contribution in [0.3, 0.4) is 0 Å². The number of hydrogen-bond donors (Lipinski definition) is 3. The maximum Gasteiger partial charge on any atom is 0.258 e. The van der Waals surface area contributed by atoms with Crippen LogP contribution in [-0.2, 0) is 9.59 Å². The first-order valence-corrected chi connectivity index (χ1v) is 9.77. The molecule has 0 aromatic heterocycles. The molecule has 0 radical (unpaired) electrons. The summed E-state index contributed by atoms with van der Waals surface area (Å²) in [6, 6.07) is 4.17. The second-order valence-corrected chi connectivity index (χ2v) is 8.79. The molecule has 2 amide bonds. The molecule has 1 saturated heterocycles. The molecule has 28 heavy (non-hydrogen) atoms. The summed E-state index contributed by atoms with van der Waals surface area (Å²) >= 11 is 5.62. The van der Waals surface area contributed by atoms with Crippen molar-refractivity contribution in [1.29, 1.82) is 0 Å². The van der Waals surface area contributed by atoms with Crippen molar-refractivity contribution in [3.63, 3.8) is 0 Å². The maximum absolute atomic E-state index is 13.4. The van der Waals surface area contributed by atoms with Gasteiger partial charge in [0.1, 0.15) is 17.6 Å². The van der Waals surface area contributed by atoms with Crippen molar-refractivity contribution < 1.29 is 18.7 Å². The number of benzene rings is 1. The monoisotopic (exact) mass is 410 g/mol. The number of rotatable bonds is 6.